The number of piperidine rings is 1. The van der Waals surface area contributed by atoms with Gasteiger partial charge < -0.3 is 10.2 Å². The third kappa shape index (κ3) is 4.33. The van der Waals surface area contributed by atoms with Crippen LogP contribution in [0, 0.1) is 18.3 Å². The third-order valence-corrected chi connectivity index (χ3v) is 5.93. The molecule has 3 heterocycles. The van der Waals surface area contributed by atoms with E-state index in [0.717, 1.165) is 48.1 Å². The number of nitriles is 1. The Morgan fingerprint density at radius 1 is 1.38 bits per heavy atom. The van der Waals surface area contributed by atoms with E-state index in [1.807, 2.05) is 18.3 Å². The van der Waals surface area contributed by atoms with Crippen molar-refractivity contribution in [3.8, 4) is 6.07 Å². The monoisotopic (exact) mass is 395 g/mol. The molecule has 2 aliphatic rings. The zero-order valence-corrected chi connectivity index (χ0v) is 16.6. The molecule has 0 bridgehead atoms. The fourth-order valence-corrected chi connectivity index (χ4v) is 4.39. The number of benzene rings is 1. The lowest BCUT2D eigenvalue weighted by molar-refractivity contribution is -0.132. The molecule has 29 heavy (non-hydrogen) atoms. The Labute approximate surface area is 170 Å². The maximum Gasteiger partial charge on any atom is 0.237 e. The molecule has 0 radical (unpaired) electrons. The van der Waals surface area contributed by atoms with E-state index in [0.29, 0.717) is 6.04 Å². The normalized spacial score (nSPS) is 23.3. The van der Waals surface area contributed by atoms with E-state index >= 15 is 0 Å². The Bertz CT molecular complexity index is 934. The molecule has 2 saturated heterocycles. The Hall–Kier alpha value is -2.72. The lowest BCUT2D eigenvalue weighted by atomic mass is 10.0. The van der Waals surface area contributed by atoms with Gasteiger partial charge >= 0.3 is 0 Å². The number of aryl methyl sites for hydroxylation is 1. The number of aromatic nitrogens is 1. The number of carbonyl (C=O) groups is 1. The van der Waals surface area contributed by atoms with E-state index in [-0.39, 0.29) is 25.4 Å². The maximum atomic E-state index is 13.6. The summed E-state index contributed by atoms with van der Waals surface area (Å²) in [7, 11) is 0. The quantitative estimate of drug-likeness (QED) is 0.862. The molecule has 2 fully saturated rings. The summed E-state index contributed by atoms with van der Waals surface area (Å²) in [6.45, 7) is 4.00. The first-order chi connectivity index (χ1) is 14.0. The predicted molar refractivity (Wildman–Crippen MR) is 110 cm³/mol. The van der Waals surface area contributed by atoms with Gasteiger partial charge in [-0.15, -0.1) is 0 Å². The fraction of sp³-hybridized carbons (Fsp3) is 0.500. The molecular formula is C22H26FN5O. The van der Waals surface area contributed by atoms with Gasteiger partial charge in [0.25, 0.3) is 0 Å². The molecule has 1 aromatic heterocycles. The number of carbonyl (C=O) groups excluding carboxylic acids is 1. The van der Waals surface area contributed by atoms with E-state index in [9.17, 15) is 9.18 Å². The van der Waals surface area contributed by atoms with Crippen LogP contribution < -0.4 is 5.32 Å². The third-order valence-electron chi connectivity index (χ3n) is 5.93. The predicted octanol–water partition coefficient (Wildman–Crippen LogP) is 2.88. The molecule has 2 atom stereocenters. The molecule has 2 aromatic rings. The van der Waals surface area contributed by atoms with E-state index in [1.54, 1.807) is 0 Å². The summed E-state index contributed by atoms with van der Waals surface area (Å²) in [6.07, 6.45) is 2.73. The summed E-state index contributed by atoms with van der Waals surface area (Å²) >= 11 is 0. The molecule has 0 unspecified atom stereocenters. The first-order valence-corrected chi connectivity index (χ1v) is 10.2. The van der Waals surface area contributed by atoms with Crippen molar-refractivity contribution in [2.24, 2.45) is 0 Å². The minimum Gasteiger partial charge on any atom is -0.382 e. The van der Waals surface area contributed by atoms with Gasteiger partial charge in [0.15, 0.2) is 0 Å². The van der Waals surface area contributed by atoms with Crippen LogP contribution in [0.15, 0.2) is 30.5 Å². The lowest BCUT2D eigenvalue weighted by Crippen LogP contribution is -2.46. The van der Waals surface area contributed by atoms with Crippen molar-refractivity contribution in [1.82, 2.24) is 14.8 Å². The number of anilines is 1. The van der Waals surface area contributed by atoms with Gasteiger partial charge in [0, 0.05) is 42.8 Å². The van der Waals surface area contributed by atoms with E-state index < -0.39 is 12.2 Å². The summed E-state index contributed by atoms with van der Waals surface area (Å²) in [5.74, 6) is -0.138. The first-order valence-electron chi connectivity index (χ1n) is 10.2. The standard InChI is InChI=1S/C22H26FN5O/c1-15-9-19(10-16-3-2-6-25-22(15)16)26-18-4-7-27(8-5-18)14-21(29)28-13-17(23)11-20(28)12-24/h2-3,6,9-10,17-18,20,26H,4-5,7-8,11,13-14H2,1H3/t17-,20-/m0/s1. The number of alkyl halides is 1. The second kappa shape index (κ2) is 8.34. The molecule has 7 heteroatoms. The number of pyridine rings is 1. The maximum absolute atomic E-state index is 13.6. The molecular weight excluding hydrogens is 369 g/mol. The second-order valence-electron chi connectivity index (χ2n) is 8.09. The Morgan fingerprint density at radius 2 is 2.17 bits per heavy atom. The van der Waals surface area contributed by atoms with Crippen LogP contribution in [0.4, 0.5) is 10.1 Å². The Kier molecular flexibility index (Phi) is 5.63. The van der Waals surface area contributed by atoms with E-state index in [4.69, 9.17) is 5.26 Å². The van der Waals surface area contributed by atoms with Crippen molar-refractivity contribution in [2.75, 3.05) is 31.5 Å². The molecule has 1 amide bonds. The number of hydrogen-bond acceptors (Lipinski definition) is 5. The van der Waals surface area contributed by atoms with Gasteiger partial charge in [0.05, 0.1) is 24.7 Å². The topological polar surface area (TPSA) is 72.3 Å². The van der Waals surface area contributed by atoms with Crippen molar-refractivity contribution < 1.29 is 9.18 Å². The number of likely N-dealkylation sites (tertiary alicyclic amines) is 2. The molecule has 0 aliphatic carbocycles. The number of fused-ring (bicyclic) bond motifs is 1. The molecule has 1 N–H and O–H groups in total. The minimum absolute atomic E-state index is 0.0469. The number of hydrogen-bond donors (Lipinski definition) is 1. The van der Waals surface area contributed by atoms with Crippen LogP contribution in [0.3, 0.4) is 0 Å². The van der Waals surface area contributed by atoms with Crippen LogP contribution in [0.1, 0.15) is 24.8 Å². The summed E-state index contributed by atoms with van der Waals surface area (Å²) in [5.41, 5.74) is 3.28. The molecule has 1 aromatic carbocycles. The van der Waals surface area contributed by atoms with Crippen LogP contribution in [0.5, 0.6) is 0 Å². The van der Waals surface area contributed by atoms with Gasteiger partial charge in [0.1, 0.15) is 12.2 Å². The van der Waals surface area contributed by atoms with Crippen molar-refractivity contribution in [3.63, 3.8) is 0 Å². The second-order valence-corrected chi connectivity index (χ2v) is 8.09. The van der Waals surface area contributed by atoms with Gasteiger partial charge in [-0.2, -0.15) is 5.26 Å². The van der Waals surface area contributed by atoms with Gasteiger partial charge in [-0.1, -0.05) is 6.07 Å². The highest BCUT2D eigenvalue weighted by Crippen LogP contribution is 2.24. The van der Waals surface area contributed by atoms with Crippen LogP contribution in [-0.2, 0) is 4.79 Å². The first kappa shape index (κ1) is 19.6. The zero-order chi connectivity index (χ0) is 20.4. The van der Waals surface area contributed by atoms with Crippen LogP contribution in [0.25, 0.3) is 10.9 Å². The van der Waals surface area contributed by atoms with Gasteiger partial charge in [-0.05, 0) is 43.5 Å². The Balaban J connectivity index is 1.31. The zero-order valence-electron chi connectivity index (χ0n) is 16.6. The summed E-state index contributed by atoms with van der Waals surface area (Å²) in [4.78, 5) is 20.5. The molecule has 2 aliphatic heterocycles. The van der Waals surface area contributed by atoms with Gasteiger partial charge in [-0.3, -0.25) is 14.7 Å². The van der Waals surface area contributed by atoms with Gasteiger partial charge in [-0.25, -0.2) is 4.39 Å². The molecule has 0 saturated carbocycles. The molecule has 6 nitrogen and oxygen atoms in total. The Morgan fingerprint density at radius 3 is 2.93 bits per heavy atom. The lowest BCUT2D eigenvalue weighted by Gasteiger charge is -2.33. The van der Waals surface area contributed by atoms with Crippen molar-refractivity contribution in [2.45, 2.75) is 44.4 Å². The van der Waals surface area contributed by atoms with Crippen LogP contribution >= 0.6 is 0 Å². The van der Waals surface area contributed by atoms with Crippen molar-refractivity contribution in [1.29, 1.82) is 5.26 Å². The fourth-order valence-electron chi connectivity index (χ4n) is 4.39. The average Bonchev–Trinajstić information content (AvgIpc) is 3.10. The highest BCUT2D eigenvalue weighted by Gasteiger charge is 2.36. The summed E-state index contributed by atoms with van der Waals surface area (Å²) in [6, 6.07) is 10.1. The number of rotatable bonds is 4. The summed E-state index contributed by atoms with van der Waals surface area (Å²) in [5, 5.41) is 13.9. The number of amides is 1. The minimum atomic E-state index is -1.08. The SMILES string of the molecule is Cc1cc(NC2CCN(CC(=O)N3C[C@@H](F)C[C@H]3C#N)CC2)cc2cccnc12. The molecule has 0 spiro atoms. The largest absolute Gasteiger partial charge is 0.382 e. The number of halogens is 1. The highest BCUT2D eigenvalue weighted by molar-refractivity contribution is 5.85. The smallest absolute Gasteiger partial charge is 0.237 e. The van der Waals surface area contributed by atoms with E-state index in [1.165, 1.54) is 4.90 Å². The molecule has 152 valence electrons. The molecule has 4 rings (SSSR count). The van der Waals surface area contributed by atoms with Crippen molar-refractivity contribution in [3.05, 3.63) is 36.0 Å². The average molecular weight is 395 g/mol. The van der Waals surface area contributed by atoms with E-state index in [2.05, 4.69) is 40.3 Å². The number of nitrogens with zero attached hydrogens (tertiary/aromatic N) is 4. The highest BCUT2D eigenvalue weighted by atomic mass is 19.1. The van der Waals surface area contributed by atoms with Gasteiger partial charge in [0.2, 0.25) is 5.91 Å². The number of nitrogens with one attached hydrogen (secondary N) is 1. The van der Waals surface area contributed by atoms with Crippen LogP contribution in [-0.4, -0.2) is 65.1 Å². The van der Waals surface area contributed by atoms with Crippen molar-refractivity contribution >= 4 is 22.5 Å². The van der Waals surface area contributed by atoms with Crippen LogP contribution in [0.2, 0.25) is 0 Å². The summed E-state index contributed by atoms with van der Waals surface area (Å²) < 4.78 is 13.6.